The van der Waals surface area contributed by atoms with Crippen molar-refractivity contribution in [3.8, 4) is 0 Å². The summed E-state index contributed by atoms with van der Waals surface area (Å²) in [6.45, 7) is 2.90. The summed E-state index contributed by atoms with van der Waals surface area (Å²) in [6.07, 6.45) is 2.61. The SMILES string of the molecule is CC(CN)(Nc1ccc(Br)cc1)C1CC1. The first-order valence-electron chi connectivity index (χ1n) is 5.38. The molecule has 1 aliphatic carbocycles. The van der Waals surface area contributed by atoms with Crippen LogP contribution < -0.4 is 11.1 Å². The number of hydrogen-bond donors (Lipinski definition) is 2. The molecular weight excluding hydrogens is 252 g/mol. The van der Waals surface area contributed by atoms with Crippen LogP contribution in [0, 0.1) is 5.92 Å². The Morgan fingerprint density at radius 1 is 1.40 bits per heavy atom. The van der Waals surface area contributed by atoms with Gasteiger partial charge in [-0.15, -0.1) is 0 Å². The van der Waals surface area contributed by atoms with Crippen LogP contribution in [-0.4, -0.2) is 12.1 Å². The third-order valence-electron chi connectivity index (χ3n) is 3.18. The highest BCUT2D eigenvalue weighted by atomic mass is 79.9. The maximum Gasteiger partial charge on any atom is 0.0495 e. The van der Waals surface area contributed by atoms with Crippen LogP contribution in [0.25, 0.3) is 0 Å². The Morgan fingerprint density at radius 2 is 2.00 bits per heavy atom. The average molecular weight is 269 g/mol. The van der Waals surface area contributed by atoms with Crippen molar-refractivity contribution in [3.05, 3.63) is 28.7 Å². The first kappa shape index (κ1) is 11.0. The molecule has 1 saturated carbocycles. The van der Waals surface area contributed by atoms with Crippen molar-refractivity contribution >= 4 is 21.6 Å². The molecule has 1 aromatic carbocycles. The monoisotopic (exact) mass is 268 g/mol. The number of halogens is 1. The number of benzene rings is 1. The molecule has 1 unspecified atom stereocenters. The summed E-state index contributed by atoms with van der Waals surface area (Å²) >= 11 is 3.43. The number of hydrogen-bond acceptors (Lipinski definition) is 2. The first-order chi connectivity index (χ1) is 7.14. The molecule has 0 radical (unpaired) electrons. The third kappa shape index (κ3) is 2.52. The number of nitrogens with two attached hydrogens (primary N) is 1. The van der Waals surface area contributed by atoms with Crippen LogP contribution in [0.5, 0.6) is 0 Å². The van der Waals surface area contributed by atoms with Crippen LogP contribution in [0.2, 0.25) is 0 Å². The molecule has 1 atom stereocenters. The van der Waals surface area contributed by atoms with E-state index in [2.05, 4.69) is 40.3 Å². The van der Waals surface area contributed by atoms with Crippen molar-refractivity contribution in [2.24, 2.45) is 11.7 Å². The topological polar surface area (TPSA) is 38.0 Å². The van der Waals surface area contributed by atoms with Gasteiger partial charge < -0.3 is 11.1 Å². The standard InChI is InChI=1S/C12H17BrN2/c1-12(8-14,9-2-3-9)15-11-6-4-10(13)5-7-11/h4-7,9,15H,2-3,8,14H2,1H3. The van der Waals surface area contributed by atoms with E-state index in [9.17, 15) is 0 Å². The largest absolute Gasteiger partial charge is 0.378 e. The minimum atomic E-state index is 0.0633. The Balaban J connectivity index is 2.09. The molecule has 0 aliphatic heterocycles. The number of rotatable bonds is 4. The molecule has 1 fully saturated rings. The van der Waals surface area contributed by atoms with Crippen molar-refractivity contribution in [1.29, 1.82) is 0 Å². The van der Waals surface area contributed by atoms with Crippen LogP contribution in [0.15, 0.2) is 28.7 Å². The van der Waals surface area contributed by atoms with E-state index in [1.165, 1.54) is 12.8 Å². The summed E-state index contributed by atoms with van der Waals surface area (Å²) in [4.78, 5) is 0. The highest BCUT2D eigenvalue weighted by molar-refractivity contribution is 9.10. The predicted octanol–water partition coefficient (Wildman–Crippen LogP) is 2.99. The Morgan fingerprint density at radius 3 is 2.47 bits per heavy atom. The van der Waals surface area contributed by atoms with E-state index < -0.39 is 0 Å². The maximum atomic E-state index is 5.85. The van der Waals surface area contributed by atoms with E-state index in [1.54, 1.807) is 0 Å². The van der Waals surface area contributed by atoms with Crippen LogP contribution in [0.3, 0.4) is 0 Å². The van der Waals surface area contributed by atoms with Crippen LogP contribution >= 0.6 is 15.9 Å². The second-order valence-corrected chi connectivity index (χ2v) is 5.44. The normalized spacial score (nSPS) is 19.7. The summed E-state index contributed by atoms with van der Waals surface area (Å²) < 4.78 is 1.11. The maximum absolute atomic E-state index is 5.85. The summed E-state index contributed by atoms with van der Waals surface area (Å²) in [5, 5.41) is 3.55. The first-order valence-corrected chi connectivity index (χ1v) is 6.17. The molecule has 3 heteroatoms. The Labute approximate surface area is 99.4 Å². The molecule has 0 heterocycles. The number of anilines is 1. The molecule has 3 N–H and O–H groups in total. The zero-order valence-corrected chi connectivity index (χ0v) is 10.5. The van der Waals surface area contributed by atoms with Gasteiger partial charge in [0.1, 0.15) is 0 Å². The van der Waals surface area contributed by atoms with Crippen molar-refractivity contribution in [2.45, 2.75) is 25.3 Å². The van der Waals surface area contributed by atoms with Gasteiger partial charge in [0, 0.05) is 22.2 Å². The highest BCUT2D eigenvalue weighted by Crippen LogP contribution is 2.40. The molecule has 0 amide bonds. The number of nitrogens with one attached hydrogen (secondary N) is 1. The molecule has 2 nitrogen and oxygen atoms in total. The van der Waals surface area contributed by atoms with Gasteiger partial charge in [0.2, 0.25) is 0 Å². The third-order valence-corrected chi connectivity index (χ3v) is 3.71. The molecule has 0 bridgehead atoms. The molecule has 1 aromatic rings. The smallest absolute Gasteiger partial charge is 0.0495 e. The van der Waals surface area contributed by atoms with Crippen LogP contribution in [0.1, 0.15) is 19.8 Å². The second kappa shape index (κ2) is 4.14. The summed E-state index contributed by atoms with van der Waals surface area (Å²) in [6, 6.07) is 8.26. The van der Waals surface area contributed by atoms with Crippen molar-refractivity contribution in [2.75, 3.05) is 11.9 Å². The Kier molecular flexibility index (Phi) is 3.03. The molecule has 0 aromatic heterocycles. The molecule has 2 rings (SSSR count). The summed E-state index contributed by atoms with van der Waals surface area (Å²) in [5.41, 5.74) is 7.07. The van der Waals surface area contributed by atoms with Gasteiger partial charge in [-0.05, 0) is 49.9 Å². The highest BCUT2D eigenvalue weighted by Gasteiger charge is 2.40. The summed E-state index contributed by atoms with van der Waals surface area (Å²) in [7, 11) is 0. The van der Waals surface area contributed by atoms with Crippen molar-refractivity contribution in [3.63, 3.8) is 0 Å². The van der Waals surface area contributed by atoms with Crippen molar-refractivity contribution in [1.82, 2.24) is 0 Å². The van der Waals surface area contributed by atoms with Crippen LogP contribution in [-0.2, 0) is 0 Å². The van der Waals surface area contributed by atoms with Gasteiger partial charge >= 0.3 is 0 Å². The van der Waals surface area contributed by atoms with Crippen LogP contribution in [0.4, 0.5) is 5.69 Å². The quantitative estimate of drug-likeness (QED) is 0.881. The van der Waals surface area contributed by atoms with Gasteiger partial charge in [-0.3, -0.25) is 0 Å². The minimum absolute atomic E-state index is 0.0633. The summed E-state index contributed by atoms with van der Waals surface area (Å²) in [5.74, 6) is 0.742. The zero-order valence-electron chi connectivity index (χ0n) is 8.96. The van der Waals surface area contributed by atoms with Crippen molar-refractivity contribution < 1.29 is 0 Å². The van der Waals surface area contributed by atoms with E-state index >= 15 is 0 Å². The lowest BCUT2D eigenvalue weighted by Gasteiger charge is -2.30. The van der Waals surface area contributed by atoms with Gasteiger partial charge in [0.25, 0.3) is 0 Å². The molecule has 0 spiro atoms. The Hall–Kier alpha value is -0.540. The van der Waals surface area contributed by atoms with E-state index in [0.717, 1.165) is 16.1 Å². The van der Waals surface area contributed by atoms with E-state index in [1.807, 2.05) is 12.1 Å². The molecule has 15 heavy (non-hydrogen) atoms. The van der Waals surface area contributed by atoms with Gasteiger partial charge in [0.15, 0.2) is 0 Å². The fourth-order valence-electron chi connectivity index (χ4n) is 1.90. The van der Waals surface area contributed by atoms with Gasteiger partial charge in [-0.2, -0.15) is 0 Å². The van der Waals surface area contributed by atoms with E-state index in [-0.39, 0.29) is 5.54 Å². The average Bonchev–Trinajstić information content (AvgIpc) is 3.05. The molecule has 1 aliphatic rings. The molecule has 0 saturated heterocycles. The molecular formula is C12H17BrN2. The van der Waals surface area contributed by atoms with Gasteiger partial charge in [-0.25, -0.2) is 0 Å². The van der Waals surface area contributed by atoms with E-state index in [0.29, 0.717) is 6.54 Å². The fourth-order valence-corrected chi connectivity index (χ4v) is 2.17. The minimum Gasteiger partial charge on any atom is -0.378 e. The van der Waals surface area contributed by atoms with Gasteiger partial charge in [-0.1, -0.05) is 15.9 Å². The second-order valence-electron chi connectivity index (χ2n) is 4.53. The van der Waals surface area contributed by atoms with E-state index in [4.69, 9.17) is 5.73 Å². The lowest BCUT2D eigenvalue weighted by Crippen LogP contribution is -2.44. The lowest BCUT2D eigenvalue weighted by molar-refractivity contribution is 0.459. The lowest BCUT2D eigenvalue weighted by atomic mass is 9.95. The zero-order chi connectivity index (χ0) is 10.9. The fraction of sp³-hybridized carbons (Fsp3) is 0.500. The Bertz CT molecular complexity index is 332. The van der Waals surface area contributed by atoms with Gasteiger partial charge in [0.05, 0.1) is 0 Å². The molecule has 82 valence electrons. The predicted molar refractivity (Wildman–Crippen MR) is 67.9 cm³/mol.